The predicted octanol–water partition coefficient (Wildman–Crippen LogP) is 0.597. The summed E-state index contributed by atoms with van der Waals surface area (Å²) in [5.74, 6) is 0.496. The third kappa shape index (κ3) is 3.57. The van der Waals surface area contributed by atoms with Gasteiger partial charge < -0.3 is 15.5 Å². The molecule has 0 saturated heterocycles. The summed E-state index contributed by atoms with van der Waals surface area (Å²) in [5.41, 5.74) is 1.01. The van der Waals surface area contributed by atoms with Crippen molar-refractivity contribution in [1.29, 1.82) is 0 Å². The molecule has 0 radical (unpaired) electrons. The van der Waals surface area contributed by atoms with Gasteiger partial charge in [-0.2, -0.15) is 5.21 Å². The summed E-state index contributed by atoms with van der Waals surface area (Å²) in [4.78, 5) is 0. The lowest BCUT2D eigenvalue weighted by Crippen LogP contribution is -2.47. The topological polar surface area (TPSA) is 107 Å². The Morgan fingerprint density at radius 2 is 2.04 bits per heavy atom. The molecule has 1 fully saturated rings. The van der Waals surface area contributed by atoms with Crippen LogP contribution in [-0.4, -0.2) is 50.1 Å². The first-order valence-corrected chi connectivity index (χ1v) is 8.03. The van der Waals surface area contributed by atoms with Crippen molar-refractivity contribution < 1.29 is 10.2 Å². The van der Waals surface area contributed by atoms with Crippen molar-refractivity contribution in [2.75, 3.05) is 13.2 Å². The van der Waals surface area contributed by atoms with Crippen molar-refractivity contribution in [3.63, 3.8) is 0 Å². The minimum absolute atomic E-state index is 0.0300. The van der Waals surface area contributed by atoms with E-state index >= 15 is 0 Å². The highest BCUT2D eigenvalue weighted by molar-refractivity contribution is 5.23. The molecule has 124 valence electrons. The highest BCUT2D eigenvalue weighted by Gasteiger charge is 2.44. The second-order valence-electron chi connectivity index (χ2n) is 6.31. The minimum Gasteiger partial charge on any atom is -0.396 e. The number of tetrazole rings is 1. The maximum Gasteiger partial charge on any atom is 0.177 e. The van der Waals surface area contributed by atoms with Gasteiger partial charge >= 0.3 is 0 Å². The van der Waals surface area contributed by atoms with Crippen molar-refractivity contribution >= 4 is 0 Å². The molecule has 0 spiro atoms. The summed E-state index contributed by atoms with van der Waals surface area (Å²) in [7, 11) is 0. The Labute approximate surface area is 135 Å². The zero-order chi connectivity index (χ0) is 16.1. The summed E-state index contributed by atoms with van der Waals surface area (Å²) >= 11 is 0. The zero-order valence-electron chi connectivity index (χ0n) is 13.0. The molecule has 1 heterocycles. The van der Waals surface area contributed by atoms with E-state index < -0.39 is 6.10 Å². The molecule has 2 aromatic rings. The van der Waals surface area contributed by atoms with Crippen LogP contribution in [0.25, 0.3) is 0 Å². The fraction of sp³-hybridized carbons (Fsp3) is 0.562. The molecule has 7 heteroatoms. The van der Waals surface area contributed by atoms with Gasteiger partial charge in [0, 0.05) is 24.4 Å². The minimum atomic E-state index is -0.602. The first kappa shape index (κ1) is 16.0. The number of aliphatic hydroxyl groups is 2. The standard InChI is InChI=1S/C16H23N5O2/c22-11-16(7-4-8-16)15(12-5-2-1-3-6-12)17-10-13(23)9-14-18-20-21-19-14/h1-3,5-6,13,15,17,22-23H,4,7-11H2,(H,18,19,20,21)/t13-,15?/m1/s1. The number of aromatic amines is 1. The van der Waals surface area contributed by atoms with Gasteiger partial charge in [0.1, 0.15) is 0 Å². The van der Waals surface area contributed by atoms with Crippen LogP contribution in [0.1, 0.15) is 36.7 Å². The summed E-state index contributed by atoms with van der Waals surface area (Å²) in [6.07, 6.45) is 2.87. The van der Waals surface area contributed by atoms with Crippen LogP contribution in [0.5, 0.6) is 0 Å². The van der Waals surface area contributed by atoms with Gasteiger partial charge in [-0.25, -0.2) is 0 Å². The number of rotatable bonds is 8. The van der Waals surface area contributed by atoms with E-state index in [9.17, 15) is 10.2 Å². The van der Waals surface area contributed by atoms with Gasteiger partial charge in [-0.15, -0.1) is 10.2 Å². The average Bonchev–Trinajstić information content (AvgIpc) is 3.03. The van der Waals surface area contributed by atoms with E-state index in [-0.39, 0.29) is 18.1 Å². The molecule has 1 aliphatic rings. The highest BCUT2D eigenvalue weighted by atomic mass is 16.3. The van der Waals surface area contributed by atoms with Gasteiger partial charge in [-0.3, -0.25) is 0 Å². The SMILES string of the molecule is OCC1(C(NC[C@H](O)Cc2nn[nH]n2)c2ccccc2)CCC1. The van der Waals surface area contributed by atoms with Gasteiger partial charge in [0.15, 0.2) is 5.82 Å². The Morgan fingerprint density at radius 3 is 2.61 bits per heavy atom. The lowest BCUT2D eigenvalue weighted by molar-refractivity contribution is 0.00108. The molecule has 1 aromatic carbocycles. The Bertz CT molecular complexity index is 580. The normalized spacial score (nSPS) is 19.0. The maximum atomic E-state index is 10.2. The highest BCUT2D eigenvalue weighted by Crippen LogP contribution is 2.49. The lowest BCUT2D eigenvalue weighted by Gasteiger charge is -2.47. The molecular formula is C16H23N5O2. The van der Waals surface area contributed by atoms with E-state index in [0.717, 1.165) is 24.8 Å². The summed E-state index contributed by atoms with van der Waals surface area (Å²) in [6.45, 7) is 0.566. The van der Waals surface area contributed by atoms with Gasteiger partial charge in [0.2, 0.25) is 0 Å². The van der Waals surface area contributed by atoms with Gasteiger partial charge in [-0.05, 0) is 18.4 Å². The number of nitrogens with one attached hydrogen (secondary N) is 2. The first-order valence-electron chi connectivity index (χ1n) is 8.03. The second kappa shape index (κ2) is 7.16. The molecule has 1 aliphatic carbocycles. The summed E-state index contributed by atoms with van der Waals surface area (Å²) in [5, 5.41) is 37.1. The van der Waals surface area contributed by atoms with Crippen LogP contribution in [0.2, 0.25) is 0 Å². The van der Waals surface area contributed by atoms with E-state index in [2.05, 4.69) is 38.1 Å². The molecule has 1 aromatic heterocycles. The van der Waals surface area contributed by atoms with Crippen molar-refractivity contribution in [3.05, 3.63) is 41.7 Å². The van der Waals surface area contributed by atoms with Crippen LogP contribution in [0.3, 0.4) is 0 Å². The van der Waals surface area contributed by atoms with Crippen molar-refractivity contribution in [2.45, 2.75) is 37.8 Å². The number of aromatic nitrogens is 4. The molecule has 0 bridgehead atoms. The number of H-pyrrole nitrogens is 1. The molecule has 1 saturated carbocycles. The lowest BCUT2D eigenvalue weighted by atomic mass is 9.63. The third-order valence-electron chi connectivity index (χ3n) is 4.77. The molecule has 3 rings (SSSR count). The summed E-state index contributed by atoms with van der Waals surface area (Å²) in [6, 6.07) is 10.2. The first-order chi connectivity index (χ1) is 11.2. The predicted molar refractivity (Wildman–Crippen MR) is 84.4 cm³/mol. The van der Waals surface area contributed by atoms with Crippen LogP contribution in [0, 0.1) is 5.41 Å². The Balaban J connectivity index is 1.67. The van der Waals surface area contributed by atoms with E-state index in [1.165, 1.54) is 0 Å². The Hall–Kier alpha value is -1.83. The molecule has 1 unspecified atom stereocenters. The molecule has 4 N–H and O–H groups in total. The molecule has 2 atom stereocenters. The maximum absolute atomic E-state index is 10.2. The van der Waals surface area contributed by atoms with Crippen LogP contribution in [0.4, 0.5) is 0 Å². The van der Waals surface area contributed by atoms with E-state index in [4.69, 9.17) is 0 Å². The number of nitrogens with zero attached hydrogens (tertiary/aromatic N) is 3. The number of aliphatic hydroxyl groups excluding tert-OH is 2. The van der Waals surface area contributed by atoms with Crippen LogP contribution in [0.15, 0.2) is 30.3 Å². The molecule has 23 heavy (non-hydrogen) atoms. The van der Waals surface area contributed by atoms with E-state index in [0.29, 0.717) is 18.8 Å². The Kier molecular flexibility index (Phi) is 5.00. The van der Waals surface area contributed by atoms with Crippen LogP contribution >= 0.6 is 0 Å². The number of benzene rings is 1. The van der Waals surface area contributed by atoms with Crippen molar-refractivity contribution in [3.8, 4) is 0 Å². The quantitative estimate of drug-likeness (QED) is 0.568. The monoisotopic (exact) mass is 317 g/mol. The van der Waals surface area contributed by atoms with Crippen LogP contribution in [-0.2, 0) is 6.42 Å². The molecular weight excluding hydrogens is 294 g/mol. The largest absolute Gasteiger partial charge is 0.396 e. The van der Waals surface area contributed by atoms with Crippen LogP contribution < -0.4 is 5.32 Å². The Morgan fingerprint density at radius 1 is 1.26 bits per heavy atom. The van der Waals surface area contributed by atoms with Gasteiger partial charge in [-0.1, -0.05) is 42.0 Å². The molecule has 0 aliphatic heterocycles. The fourth-order valence-electron chi connectivity index (χ4n) is 3.31. The zero-order valence-corrected chi connectivity index (χ0v) is 13.0. The second-order valence-corrected chi connectivity index (χ2v) is 6.31. The third-order valence-corrected chi connectivity index (χ3v) is 4.77. The smallest absolute Gasteiger partial charge is 0.177 e. The van der Waals surface area contributed by atoms with Gasteiger partial charge in [0.05, 0.1) is 12.7 Å². The fourth-order valence-corrected chi connectivity index (χ4v) is 3.31. The van der Waals surface area contributed by atoms with Crippen molar-refractivity contribution in [1.82, 2.24) is 25.9 Å². The van der Waals surface area contributed by atoms with E-state index in [1.54, 1.807) is 0 Å². The van der Waals surface area contributed by atoms with E-state index in [1.807, 2.05) is 18.2 Å². The molecule has 0 amide bonds. The molecule has 7 nitrogen and oxygen atoms in total. The van der Waals surface area contributed by atoms with Crippen molar-refractivity contribution in [2.24, 2.45) is 5.41 Å². The summed E-state index contributed by atoms with van der Waals surface area (Å²) < 4.78 is 0. The number of hydrogen-bond acceptors (Lipinski definition) is 6. The number of hydrogen-bond donors (Lipinski definition) is 4. The van der Waals surface area contributed by atoms with Gasteiger partial charge in [0.25, 0.3) is 0 Å². The average molecular weight is 317 g/mol.